The van der Waals surface area contributed by atoms with Gasteiger partial charge in [0, 0.05) is 15.6 Å². The van der Waals surface area contributed by atoms with Crippen LogP contribution in [0, 0.1) is 0 Å². The minimum absolute atomic E-state index is 0.0426. The maximum atomic E-state index is 11.9. The molecule has 10 heteroatoms. The first kappa shape index (κ1) is 19.5. The van der Waals surface area contributed by atoms with Gasteiger partial charge in [-0.2, -0.15) is 14.7 Å². The second kappa shape index (κ2) is 7.64. The van der Waals surface area contributed by atoms with Crippen molar-refractivity contribution in [2.24, 2.45) is 0 Å². The molecule has 3 heterocycles. The first-order chi connectivity index (χ1) is 15.0. The Hall–Kier alpha value is -3.49. The van der Waals surface area contributed by atoms with E-state index in [1.165, 1.54) is 7.11 Å². The van der Waals surface area contributed by atoms with Crippen LogP contribution in [0.15, 0.2) is 54.7 Å². The number of hydrogen-bond donors (Lipinski definition) is 0. The number of carbonyl (C=O) groups is 1. The Balaban J connectivity index is 1.77. The normalized spacial score (nSPS) is 11.3. The molecule has 0 spiro atoms. The molecule has 0 bridgehead atoms. The van der Waals surface area contributed by atoms with Gasteiger partial charge in [-0.05, 0) is 42.0 Å². The lowest BCUT2D eigenvalue weighted by Crippen LogP contribution is -2.06. The van der Waals surface area contributed by atoms with Crippen molar-refractivity contribution in [3.63, 3.8) is 0 Å². The highest BCUT2D eigenvalue weighted by molar-refractivity contribution is 6.30. The van der Waals surface area contributed by atoms with Crippen molar-refractivity contribution in [1.29, 1.82) is 0 Å². The zero-order chi connectivity index (χ0) is 21.5. The van der Waals surface area contributed by atoms with Gasteiger partial charge in [0.05, 0.1) is 25.4 Å². The molecular weight excluding hydrogens is 439 g/mol. The third kappa shape index (κ3) is 3.39. The van der Waals surface area contributed by atoms with Gasteiger partial charge >= 0.3 is 5.97 Å². The van der Waals surface area contributed by atoms with E-state index >= 15 is 0 Å². The van der Waals surface area contributed by atoms with E-state index in [1.807, 2.05) is 24.3 Å². The summed E-state index contributed by atoms with van der Waals surface area (Å²) in [4.78, 5) is 11.9. The fourth-order valence-electron chi connectivity index (χ4n) is 3.35. The van der Waals surface area contributed by atoms with Crippen molar-refractivity contribution in [2.75, 3.05) is 7.11 Å². The summed E-state index contributed by atoms with van der Waals surface area (Å²) < 4.78 is 8.14. The average Bonchev–Trinajstić information content (AvgIpc) is 3.36. The smallest absolute Gasteiger partial charge is 0.311 e. The van der Waals surface area contributed by atoms with Crippen LogP contribution in [-0.4, -0.2) is 42.7 Å². The quantitative estimate of drug-likeness (QED) is 0.380. The van der Waals surface area contributed by atoms with E-state index in [0.717, 1.165) is 16.8 Å². The fraction of sp³-hybridized carbons (Fsp3) is 0.0952. The number of nitrogens with zero attached hydrogens (tertiary/aromatic N) is 6. The highest BCUT2D eigenvalue weighted by Crippen LogP contribution is 2.28. The molecule has 0 saturated heterocycles. The number of hydrogen-bond acceptors (Lipinski definition) is 6. The zero-order valence-corrected chi connectivity index (χ0v) is 17.7. The van der Waals surface area contributed by atoms with Gasteiger partial charge in [-0.1, -0.05) is 35.3 Å². The molecular formula is C21H14Cl2N6O2. The Morgan fingerprint density at radius 3 is 2.35 bits per heavy atom. The van der Waals surface area contributed by atoms with Crippen LogP contribution in [0.5, 0.6) is 0 Å². The van der Waals surface area contributed by atoms with Gasteiger partial charge in [0.2, 0.25) is 0 Å². The number of halogens is 2. The maximum absolute atomic E-state index is 11.9. The molecule has 0 unspecified atom stereocenters. The Morgan fingerprint density at radius 2 is 1.68 bits per heavy atom. The number of esters is 1. The summed E-state index contributed by atoms with van der Waals surface area (Å²) in [6, 6.07) is 14.6. The molecule has 0 aliphatic heterocycles. The van der Waals surface area contributed by atoms with Crippen LogP contribution in [-0.2, 0) is 16.0 Å². The van der Waals surface area contributed by atoms with Gasteiger partial charge < -0.3 is 4.74 Å². The van der Waals surface area contributed by atoms with Crippen molar-refractivity contribution in [2.45, 2.75) is 6.42 Å². The van der Waals surface area contributed by atoms with Gasteiger partial charge in [0.1, 0.15) is 5.69 Å². The number of benzene rings is 2. The molecule has 2 aromatic carbocycles. The van der Waals surface area contributed by atoms with Crippen LogP contribution in [0.3, 0.4) is 0 Å². The van der Waals surface area contributed by atoms with Gasteiger partial charge in [-0.3, -0.25) is 4.79 Å². The molecule has 0 aliphatic rings. The topological polar surface area (TPSA) is 87.2 Å². The molecule has 8 nitrogen and oxygen atoms in total. The van der Waals surface area contributed by atoms with Crippen molar-refractivity contribution in [1.82, 2.24) is 29.6 Å². The van der Waals surface area contributed by atoms with E-state index in [-0.39, 0.29) is 6.42 Å². The number of methoxy groups -OCH3 is 1. The summed E-state index contributed by atoms with van der Waals surface area (Å²) in [7, 11) is 1.33. The second-order valence-corrected chi connectivity index (χ2v) is 7.63. The zero-order valence-electron chi connectivity index (χ0n) is 16.2. The van der Waals surface area contributed by atoms with Crippen molar-refractivity contribution >= 4 is 46.0 Å². The third-order valence-corrected chi connectivity index (χ3v) is 5.37. The Labute approximate surface area is 186 Å². The SMILES string of the molecule is COC(=O)Cc1nn(-c2ccc(Cl)cc2)c2c1nnc1c(-c3ccc(Cl)cc3)cnn12. The fourth-order valence-corrected chi connectivity index (χ4v) is 3.60. The largest absolute Gasteiger partial charge is 0.469 e. The van der Waals surface area contributed by atoms with Crippen molar-refractivity contribution < 1.29 is 9.53 Å². The lowest BCUT2D eigenvalue weighted by atomic mass is 10.1. The molecule has 0 atom stereocenters. The molecule has 0 aliphatic carbocycles. The van der Waals surface area contributed by atoms with Crippen molar-refractivity contribution in [3.05, 3.63) is 70.5 Å². The maximum Gasteiger partial charge on any atom is 0.311 e. The molecule has 154 valence electrons. The Kier molecular flexibility index (Phi) is 4.80. The van der Waals surface area contributed by atoms with Crippen LogP contribution in [0.2, 0.25) is 10.0 Å². The summed E-state index contributed by atoms with van der Waals surface area (Å²) in [6.07, 6.45) is 1.67. The average molecular weight is 453 g/mol. The Morgan fingerprint density at radius 1 is 1.00 bits per heavy atom. The summed E-state index contributed by atoms with van der Waals surface area (Å²) in [5.74, 6) is -0.424. The second-order valence-electron chi connectivity index (χ2n) is 6.76. The number of aromatic nitrogens is 6. The monoisotopic (exact) mass is 452 g/mol. The Bertz CT molecular complexity index is 1420. The lowest BCUT2D eigenvalue weighted by Gasteiger charge is -2.05. The first-order valence-electron chi connectivity index (χ1n) is 9.26. The van der Waals surface area contributed by atoms with Gasteiger partial charge in [0.15, 0.2) is 16.8 Å². The van der Waals surface area contributed by atoms with Crippen LogP contribution < -0.4 is 0 Å². The molecule has 0 fully saturated rings. The summed E-state index contributed by atoms with van der Waals surface area (Å²) in [5.41, 5.74) is 4.46. The summed E-state index contributed by atoms with van der Waals surface area (Å²) in [6.45, 7) is 0. The van der Waals surface area contributed by atoms with Gasteiger partial charge in [-0.15, -0.1) is 10.2 Å². The van der Waals surface area contributed by atoms with E-state index in [9.17, 15) is 4.79 Å². The van der Waals surface area contributed by atoms with E-state index in [4.69, 9.17) is 27.9 Å². The predicted octanol–water partition coefficient (Wildman–Crippen LogP) is 4.15. The number of fused-ring (bicyclic) bond motifs is 3. The number of carbonyl (C=O) groups excluding carboxylic acids is 1. The molecule has 5 rings (SSSR count). The molecule has 5 aromatic rings. The summed E-state index contributed by atoms with van der Waals surface area (Å²) >= 11 is 12.1. The van der Waals surface area contributed by atoms with Crippen LogP contribution in [0.4, 0.5) is 0 Å². The molecule has 0 N–H and O–H groups in total. The minimum Gasteiger partial charge on any atom is -0.469 e. The standard InChI is InChI=1S/C21H14Cl2N6O2/c1-31-18(30)10-17-19-21(28(27-17)15-8-6-14(23)7-9-15)29-20(26-25-19)16(11-24-29)12-2-4-13(22)5-3-12/h2-9,11H,10H2,1H3. The molecule has 31 heavy (non-hydrogen) atoms. The lowest BCUT2D eigenvalue weighted by molar-refractivity contribution is -0.139. The first-order valence-corrected chi connectivity index (χ1v) is 10.0. The highest BCUT2D eigenvalue weighted by Gasteiger charge is 2.22. The van der Waals surface area contributed by atoms with E-state index < -0.39 is 5.97 Å². The predicted molar refractivity (Wildman–Crippen MR) is 117 cm³/mol. The molecule has 0 amide bonds. The molecule has 0 saturated carbocycles. The summed E-state index contributed by atoms with van der Waals surface area (Å²) in [5, 5.41) is 19.2. The number of rotatable bonds is 4. The van der Waals surface area contributed by atoms with Crippen LogP contribution in [0.25, 0.3) is 33.6 Å². The molecule has 0 radical (unpaired) electrons. The van der Waals surface area contributed by atoms with E-state index in [2.05, 4.69) is 20.4 Å². The molecule has 3 aromatic heterocycles. The van der Waals surface area contributed by atoms with Crippen LogP contribution in [0.1, 0.15) is 5.69 Å². The van der Waals surface area contributed by atoms with Gasteiger partial charge in [0.25, 0.3) is 0 Å². The van der Waals surface area contributed by atoms with E-state index in [1.54, 1.807) is 39.7 Å². The number of ether oxygens (including phenoxy) is 1. The minimum atomic E-state index is -0.424. The highest BCUT2D eigenvalue weighted by atomic mass is 35.5. The third-order valence-electron chi connectivity index (χ3n) is 4.86. The van der Waals surface area contributed by atoms with Crippen molar-refractivity contribution in [3.8, 4) is 16.8 Å². The van der Waals surface area contributed by atoms with Crippen LogP contribution >= 0.6 is 23.2 Å². The van der Waals surface area contributed by atoms with Gasteiger partial charge in [-0.25, -0.2) is 4.68 Å². The van der Waals surface area contributed by atoms with E-state index in [0.29, 0.717) is 32.6 Å².